The van der Waals surface area contributed by atoms with Crippen molar-refractivity contribution in [3.05, 3.63) is 72.3 Å². The number of carbonyl (C=O) groups is 1. The molecule has 0 aromatic heterocycles. The van der Waals surface area contributed by atoms with Crippen molar-refractivity contribution in [2.45, 2.75) is 13.5 Å². The van der Waals surface area contributed by atoms with Gasteiger partial charge in [0.25, 0.3) is 5.91 Å². The first-order valence-electron chi connectivity index (χ1n) is 7.56. The van der Waals surface area contributed by atoms with Gasteiger partial charge in [-0.3, -0.25) is 4.79 Å². The van der Waals surface area contributed by atoms with Gasteiger partial charge in [-0.1, -0.05) is 24.8 Å². The lowest BCUT2D eigenvalue weighted by Gasteiger charge is -2.08. The highest BCUT2D eigenvalue weighted by atomic mass is 16.5. The molecule has 4 nitrogen and oxygen atoms in total. The van der Waals surface area contributed by atoms with E-state index in [1.54, 1.807) is 30.3 Å². The van der Waals surface area contributed by atoms with Crippen molar-refractivity contribution in [2.75, 3.05) is 13.2 Å². The third-order valence-corrected chi connectivity index (χ3v) is 3.17. The van der Waals surface area contributed by atoms with Gasteiger partial charge in [-0.05, 0) is 48.9 Å². The minimum absolute atomic E-state index is 0.117. The van der Waals surface area contributed by atoms with Crippen molar-refractivity contribution in [3.8, 4) is 11.5 Å². The van der Waals surface area contributed by atoms with Crippen LogP contribution in [0.3, 0.4) is 0 Å². The van der Waals surface area contributed by atoms with Gasteiger partial charge in [-0.2, -0.15) is 0 Å². The number of hydrogen-bond donors (Lipinski definition) is 1. The van der Waals surface area contributed by atoms with Crippen molar-refractivity contribution in [3.63, 3.8) is 0 Å². The third-order valence-electron chi connectivity index (χ3n) is 3.17. The van der Waals surface area contributed by atoms with Crippen LogP contribution in [0.1, 0.15) is 22.8 Å². The summed E-state index contributed by atoms with van der Waals surface area (Å²) in [6, 6.07) is 14.7. The summed E-state index contributed by atoms with van der Waals surface area (Å²) in [7, 11) is 0. The SMILES string of the molecule is C=CCOc1ccc(C(=O)NCc2ccc(OCC)cc2)cc1. The Hall–Kier alpha value is -2.75. The average molecular weight is 311 g/mol. The molecule has 0 fully saturated rings. The quantitative estimate of drug-likeness (QED) is 0.758. The van der Waals surface area contributed by atoms with E-state index < -0.39 is 0 Å². The zero-order chi connectivity index (χ0) is 16.5. The fraction of sp³-hybridized carbons (Fsp3) is 0.211. The number of nitrogens with one attached hydrogen (secondary N) is 1. The molecular formula is C19H21NO3. The smallest absolute Gasteiger partial charge is 0.251 e. The molecule has 1 N–H and O–H groups in total. The van der Waals surface area contributed by atoms with Crippen LogP contribution in [0.4, 0.5) is 0 Å². The highest BCUT2D eigenvalue weighted by molar-refractivity contribution is 5.94. The number of benzene rings is 2. The van der Waals surface area contributed by atoms with Crippen LogP contribution < -0.4 is 14.8 Å². The number of carbonyl (C=O) groups excluding carboxylic acids is 1. The van der Waals surface area contributed by atoms with E-state index >= 15 is 0 Å². The summed E-state index contributed by atoms with van der Waals surface area (Å²) < 4.78 is 10.8. The monoisotopic (exact) mass is 311 g/mol. The van der Waals surface area contributed by atoms with Crippen molar-refractivity contribution in [1.82, 2.24) is 5.32 Å². The maximum Gasteiger partial charge on any atom is 0.251 e. The van der Waals surface area contributed by atoms with Crippen LogP contribution in [-0.2, 0) is 6.54 Å². The zero-order valence-electron chi connectivity index (χ0n) is 13.2. The van der Waals surface area contributed by atoms with Gasteiger partial charge in [0.1, 0.15) is 18.1 Å². The fourth-order valence-electron chi connectivity index (χ4n) is 2.01. The summed E-state index contributed by atoms with van der Waals surface area (Å²) in [5.41, 5.74) is 1.62. The number of rotatable bonds is 8. The summed E-state index contributed by atoms with van der Waals surface area (Å²) in [5, 5.41) is 2.89. The molecule has 0 radical (unpaired) electrons. The van der Waals surface area contributed by atoms with Crippen LogP contribution in [0.25, 0.3) is 0 Å². The van der Waals surface area contributed by atoms with Gasteiger partial charge in [-0.25, -0.2) is 0 Å². The van der Waals surface area contributed by atoms with E-state index in [-0.39, 0.29) is 5.91 Å². The molecule has 1 amide bonds. The van der Waals surface area contributed by atoms with Crippen LogP contribution >= 0.6 is 0 Å². The Morgan fingerprint density at radius 1 is 1.04 bits per heavy atom. The molecule has 120 valence electrons. The molecular weight excluding hydrogens is 290 g/mol. The molecule has 0 bridgehead atoms. The van der Waals surface area contributed by atoms with Crippen molar-refractivity contribution in [2.24, 2.45) is 0 Å². The maximum absolute atomic E-state index is 12.1. The fourth-order valence-corrected chi connectivity index (χ4v) is 2.01. The average Bonchev–Trinajstić information content (AvgIpc) is 2.60. The number of amides is 1. The Balaban J connectivity index is 1.87. The Labute approximate surface area is 136 Å². The summed E-state index contributed by atoms with van der Waals surface area (Å²) in [5.74, 6) is 1.43. The predicted molar refractivity (Wildman–Crippen MR) is 90.9 cm³/mol. The Morgan fingerprint density at radius 2 is 1.65 bits per heavy atom. The molecule has 0 aliphatic heterocycles. The van der Waals surface area contributed by atoms with E-state index in [1.807, 2.05) is 31.2 Å². The lowest BCUT2D eigenvalue weighted by atomic mass is 10.2. The molecule has 2 aromatic rings. The Morgan fingerprint density at radius 3 is 2.26 bits per heavy atom. The minimum atomic E-state index is -0.117. The van der Waals surface area contributed by atoms with Crippen LogP contribution in [0.2, 0.25) is 0 Å². The van der Waals surface area contributed by atoms with E-state index in [1.165, 1.54) is 0 Å². The van der Waals surface area contributed by atoms with Gasteiger partial charge < -0.3 is 14.8 Å². The first-order chi connectivity index (χ1) is 11.2. The molecule has 0 unspecified atom stereocenters. The van der Waals surface area contributed by atoms with Gasteiger partial charge in [0.05, 0.1) is 6.61 Å². The van der Waals surface area contributed by atoms with Gasteiger partial charge in [0.2, 0.25) is 0 Å². The summed E-state index contributed by atoms with van der Waals surface area (Å²) in [6.45, 7) is 7.10. The lowest BCUT2D eigenvalue weighted by Crippen LogP contribution is -2.22. The second-order valence-corrected chi connectivity index (χ2v) is 4.88. The van der Waals surface area contributed by atoms with E-state index in [0.29, 0.717) is 31.1 Å². The van der Waals surface area contributed by atoms with Gasteiger partial charge >= 0.3 is 0 Å². The Bertz CT molecular complexity index is 633. The van der Waals surface area contributed by atoms with Crippen LogP contribution in [0, 0.1) is 0 Å². The van der Waals surface area contributed by atoms with E-state index in [4.69, 9.17) is 9.47 Å². The van der Waals surface area contributed by atoms with Crippen molar-refractivity contribution < 1.29 is 14.3 Å². The molecule has 0 heterocycles. The lowest BCUT2D eigenvalue weighted by molar-refractivity contribution is 0.0951. The predicted octanol–water partition coefficient (Wildman–Crippen LogP) is 3.58. The highest BCUT2D eigenvalue weighted by Gasteiger charge is 2.05. The molecule has 0 spiro atoms. The van der Waals surface area contributed by atoms with E-state index in [2.05, 4.69) is 11.9 Å². The molecule has 23 heavy (non-hydrogen) atoms. The summed E-state index contributed by atoms with van der Waals surface area (Å²) in [6.07, 6.45) is 1.68. The molecule has 0 saturated heterocycles. The van der Waals surface area contributed by atoms with Crippen LogP contribution in [0.5, 0.6) is 11.5 Å². The summed E-state index contributed by atoms with van der Waals surface area (Å²) in [4.78, 5) is 12.1. The molecule has 0 aliphatic carbocycles. The van der Waals surface area contributed by atoms with Crippen molar-refractivity contribution >= 4 is 5.91 Å². The molecule has 0 saturated carbocycles. The molecule has 2 aromatic carbocycles. The Kier molecular flexibility index (Phi) is 6.24. The highest BCUT2D eigenvalue weighted by Crippen LogP contribution is 2.14. The van der Waals surface area contributed by atoms with E-state index in [0.717, 1.165) is 11.3 Å². The standard InChI is InChI=1S/C19H21NO3/c1-3-13-23-18-11-7-16(8-12-18)19(21)20-14-15-5-9-17(10-6-15)22-4-2/h3,5-12H,1,4,13-14H2,2H3,(H,20,21). The largest absolute Gasteiger partial charge is 0.494 e. The second kappa shape index (κ2) is 8.63. The normalized spacial score (nSPS) is 9.96. The third kappa shape index (κ3) is 5.18. The van der Waals surface area contributed by atoms with Crippen LogP contribution in [0.15, 0.2) is 61.2 Å². The van der Waals surface area contributed by atoms with E-state index in [9.17, 15) is 4.79 Å². The van der Waals surface area contributed by atoms with Gasteiger partial charge in [-0.15, -0.1) is 0 Å². The number of ether oxygens (including phenoxy) is 2. The molecule has 4 heteroatoms. The maximum atomic E-state index is 12.1. The first kappa shape index (κ1) is 16.6. The minimum Gasteiger partial charge on any atom is -0.494 e. The first-order valence-corrected chi connectivity index (χ1v) is 7.56. The zero-order valence-corrected chi connectivity index (χ0v) is 13.2. The topological polar surface area (TPSA) is 47.6 Å². The molecule has 2 rings (SSSR count). The molecule has 0 atom stereocenters. The number of hydrogen-bond acceptors (Lipinski definition) is 3. The summed E-state index contributed by atoms with van der Waals surface area (Å²) >= 11 is 0. The molecule has 0 aliphatic rings. The van der Waals surface area contributed by atoms with Gasteiger partial charge in [0, 0.05) is 12.1 Å². The van der Waals surface area contributed by atoms with Gasteiger partial charge in [0.15, 0.2) is 0 Å². The van der Waals surface area contributed by atoms with Crippen LogP contribution in [-0.4, -0.2) is 19.1 Å². The van der Waals surface area contributed by atoms with Crippen molar-refractivity contribution in [1.29, 1.82) is 0 Å². The second-order valence-electron chi connectivity index (χ2n) is 4.88.